The zero-order chi connectivity index (χ0) is 14.8. The maximum atomic E-state index is 11.7. The Hall–Kier alpha value is -1.32. The normalized spacial score (nSPS) is 20.0. The standard InChI is InChI=1S/C16H27NO3/c1-3-5-6-7-8-9-10-11-13(18)12-15-17-16(19)14(4-2)20-15/h12,14H,3-11H2,1-2H3,(H,17,19)/b15-12+. The van der Waals surface area contributed by atoms with Gasteiger partial charge in [0.1, 0.15) is 0 Å². The Balaban J connectivity index is 2.13. The maximum Gasteiger partial charge on any atom is 0.267 e. The second-order valence-corrected chi connectivity index (χ2v) is 5.35. The summed E-state index contributed by atoms with van der Waals surface area (Å²) >= 11 is 0. The summed E-state index contributed by atoms with van der Waals surface area (Å²) in [5.41, 5.74) is 0. The molecule has 20 heavy (non-hydrogen) atoms. The largest absolute Gasteiger partial charge is 0.465 e. The van der Waals surface area contributed by atoms with Gasteiger partial charge in [-0.2, -0.15) is 0 Å². The van der Waals surface area contributed by atoms with Gasteiger partial charge in [-0.05, 0) is 12.8 Å². The van der Waals surface area contributed by atoms with Crippen molar-refractivity contribution in [3.05, 3.63) is 12.0 Å². The molecule has 1 unspecified atom stereocenters. The molecular formula is C16H27NO3. The van der Waals surface area contributed by atoms with Gasteiger partial charge in [0.2, 0.25) is 0 Å². The fraction of sp³-hybridized carbons (Fsp3) is 0.750. The average molecular weight is 281 g/mol. The van der Waals surface area contributed by atoms with E-state index in [9.17, 15) is 9.59 Å². The van der Waals surface area contributed by atoms with E-state index < -0.39 is 6.10 Å². The maximum absolute atomic E-state index is 11.7. The Morgan fingerprint density at radius 3 is 2.40 bits per heavy atom. The lowest BCUT2D eigenvalue weighted by atomic mass is 10.1. The zero-order valence-corrected chi connectivity index (χ0v) is 12.7. The summed E-state index contributed by atoms with van der Waals surface area (Å²) in [6.45, 7) is 4.09. The molecule has 1 fully saturated rings. The number of rotatable bonds is 10. The highest BCUT2D eigenvalue weighted by Crippen LogP contribution is 2.14. The fourth-order valence-corrected chi connectivity index (χ4v) is 2.25. The van der Waals surface area contributed by atoms with Crippen LogP contribution in [0.1, 0.15) is 71.6 Å². The second kappa shape index (κ2) is 9.56. The van der Waals surface area contributed by atoms with Crippen LogP contribution < -0.4 is 5.32 Å². The number of ether oxygens (including phenoxy) is 1. The van der Waals surface area contributed by atoms with Gasteiger partial charge in [0.25, 0.3) is 5.91 Å². The number of carbonyl (C=O) groups is 2. The number of carbonyl (C=O) groups excluding carboxylic acids is 2. The number of ketones is 1. The molecule has 1 amide bonds. The molecule has 114 valence electrons. The van der Waals surface area contributed by atoms with Crippen LogP contribution in [0.25, 0.3) is 0 Å². The van der Waals surface area contributed by atoms with E-state index in [1.807, 2.05) is 6.92 Å². The highest BCUT2D eigenvalue weighted by atomic mass is 16.5. The molecule has 1 atom stereocenters. The van der Waals surface area contributed by atoms with E-state index in [0.717, 1.165) is 12.8 Å². The monoisotopic (exact) mass is 281 g/mol. The Morgan fingerprint density at radius 1 is 1.15 bits per heavy atom. The topological polar surface area (TPSA) is 55.4 Å². The van der Waals surface area contributed by atoms with Crippen LogP contribution in [0.15, 0.2) is 12.0 Å². The summed E-state index contributed by atoms with van der Waals surface area (Å²) < 4.78 is 5.34. The number of nitrogens with one attached hydrogen (secondary N) is 1. The molecule has 0 aliphatic carbocycles. The van der Waals surface area contributed by atoms with Crippen LogP contribution in [0.4, 0.5) is 0 Å². The van der Waals surface area contributed by atoms with E-state index in [2.05, 4.69) is 12.2 Å². The summed E-state index contributed by atoms with van der Waals surface area (Å²) in [7, 11) is 0. The molecule has 0 bridgehead atoms. The third kappa shape index (κ3) is 6.22. The number of allylic oxidation sites excluding steroid dienone is 1. The fourth-order valence-electron chi connectivity index (χ4n) is 2.25. The van der Waals surface area contributed by atoms with Gasteiger partial charge in [0.15, 0.2) is 17.8 Å². The third-order valence-electron chi connectivity index (χ3n) is 3.50. The van der Waals surface area contributed by atoms with Crippen LogP contribution in [-0.2, 0) is 14.3 Å². The second-order valence-electron chi connectivity index (χ2n) is 5.35. The van der Waals surface area contributed by atoms with Crippen LogP contribution in [-0.4, -0.2) is 17.8 Å². The van der Waals surface area contributed by atoms with E-state index in [-0.39, 0.29) is 11.7 Å². The van der Waals surface area contributed by atoms with Crippen molar-refractivity contribution in [2.45, 2.75) is 77.7 Å². The van der Waals surface area contributed by atoms with Crippen molar-refractivity contribution in [1.29, 1.82) is 0 Å². The van der Waals surface area contributed by atoms with Crippen LogP contribution in [0, 0.1) is 0 Å². The molecule has 1 aliphatic rings. The van der Waals surface area contributed by atoms with E-state index in [4.69, 9.17) is 4.74 Å². The van der Waals surface area contributed by atoms with Gasteiger partial charge in [-0.25, -0.2) is 0 Å². The Labute approximate surface area is 122 Å². The van der Waals surface area contributed by atoms with Crippen molar-refractivity contribution in [2.75, 3.05) is 0 Å². The molecule has 1 N–H and O–H groups in total. The molecule has 0 radical (unpaired) electrons. The Kier molecular flexibility index (Phi) is 8.00. The minimum atomic E-state index is -0.437. The predicted octanol–water partition coefficient (Wildman–Crippen LogP) is 3.46. The predicted molar refractivity (Wildman–Crippen MR) is 79.0 cm³/mol. The molecular weight excluding hydrogens is 254 g/mol. The SMILES string of the molecule is CCCCCCCCCC(=O)/C=C1\NC(=O)C(CC)O1. The van der Waals surface area contributed by atoms with Crippen molar-refractivity contribution in [3.8, 4) is 0 Å². The van der Waals surface area contributed by atoms with E-state index in [0.29, 0.717) is 18.7 Å². The van der Waals surface area contributed by atoms with Gasteiger partial charge in [-0.3, -0.25) is 14.9 Å². The lowest BCUT2D eigenvalue weighted by Crippen LogP contribution is -2.22. The van der Waals surface area contributed by atoms with E-state index in [1.54, 1.807) is 0 Å². The molecule has 0 saturated carbocycles. The lowest BCUT2D eigenvalue weighted by molar-refractivity contribution is -0.123. The van der Waals surface area contributed by atoms with Gasteiger partial charge >= 0.3 is 0 Å². The highest BCUT2D eigenvalue weighted by molar-refractivity contribution is 5.92. The van der Waals surface area contributed by atoms with Gasteiger partial charge in [0.05, 0.1) is 0 Å². The van der Waals surface area contributed by atoms with Crippen LogP contribution in [0.3, 0.4) is 0 Å². The molecule has 0 aromatic heterocycles. The molecule has 0 spiro atoms. The molecule has 4 nitrogen and oxygen atoms in total. The van der Waals surface area contributed by atoms with Gasteiger partial charge < -0.3 is 4.74 Å². The molecule has 1 saturated heterocycles. The first-order valence-electron chi connectivity index (χ1n) is 7.89. The van der Waals surface area contributed by atoms with Crippen molar-refractivity contribution in [2.24, 2.45) is 0 Å². The Bertz CT molecular complexity index is 350. The van der Waals surface area contributed by atoms with Gasteiger partial charge in [0, 0.05) is 12.5 Å². The molecule has 1 heterocycles. The summed E-state index contributed by atoms with van der Waals surface area (Å²) in [6.07, 6.45) is 10.5. The lowest BCUT2D eigenvalue weighted by Gasteiger charge is -2.02. The van der Waals surface area contributed by atoms with Gasteiger partial charge in [-0.1, -0.05) is 52.4 Å². The number of hydrogen-bond acceptors (Lipinski definition) is 3. The molecule has 1 aliphatic heterocycles. The van der Waals surface area contributed by atoms with Crippen molar-refractivity contribution in [3.63, 3.8) is 0 Å². The Morgan fingerprint density at radius 2 is 1.80 bits per heavy atom. The molecule has 0 aromatic rings. The summed E-state index contributed by atoms with van der Waals surface area (Å²) in [5.74, 6) is 0.197. The smallest absolute Gasteiger partial charge is 0.267 e. The first kappa shape index (κ1) is 16.7. The molecule has 4 heteroatoms. The number of hydrogen-bond donors (Lipinski definition) is 1. The first-order valence-corrected chi connectivity index (χ1v) is 7.89. The van der Waals surface area contributed by atoms with E-state index >= 15 is 0 Å². The van der Waals surface area contributed by atoms with E-state index in [1.165, 1.54) is 38.2 Å². The summed E-state index contributed by atoms with van der Waals surface area (Å²) in [6, 6.07) is 0. The highest BCUT2D eigenvalue weighted by Gasteiger charge is 2.27. The van der Waals surface area contributed by atoms with Crippen molar-refractivity contribution >= 4 is 11.7 Å². The first-order chi connectivity index (χ1) is 9.67. The molecule has 1 rings (SSSR count). The third-order valence-corrected chi connectivity index (χ3v) is 3.50. The van der Waals surface area contributed by atoms with Gasteiger partial charge in [-0.15, -0.1) is 0 Å². The van der Waals surface area contributed by atoms with Crippen LogP contribution in [0.5, 0.6) is 0 Å². The van der Waals surface area contributed by atoms with Crippen LogP contribution >= 0.6 is 0 Å². The van der Waals surface area contributed by atoms with Crippen molar-refractivity contribution in [1.82, 2.24) is 5.32 Å². The average Bonchev–Trinajstić information content (AvgIpc) is 2.77. The minimum absolute atomic E-state index is 0.0330. The summed E-state index contributed by atoms with van der Waals surface area (Å²) in [5, 5.41) is 2.59. The quantitative estimate of drug-likeness (QED) is 0.493. The number of amides is 1. The van der Waals surface area contributed by atoms with Crippen molar-refractivity contribution < 1.29 is 14.3 Å². The molecule has 0 aromatic carbocycles. The summed E-state index contributed by atoms with van der Waals surface area (Å²) in [4.78, 5) is 23.1. The van der Waals surface area contributed by atoms with Crippen LogP contribution in [0.2, 0.25) is 0 Å². The minimum Gasteiger partial charge on any atom is -0.465 e. The zero-order valence-electron chi connectivity index (χ0n) is 12.7. The number of unbranched alkanes of at least 4 members (excludes halogenated alkanes) is 6.